The van der Waals surface area contributed by atoms with Gasteiger partial charge in [-0.2, -0.15) is 0 Å². The minimum atomic E-state index is 0.156. The van der Waals surface area contributed by atoms with Gasteiger partial charge in [-0.25, -0.2) is 0 Å². The summed E-state index contributed by atoms with van der Waals surface area (Å²) >= 11 is 6.20. The summed E-state index contributed by atoms with van der Waals surface area (Å²) in [5.74, 6) is 6.31. The Hall–Kier alpha value is -0.640. The van der Waals surface area contributed by atoms with E-state index in [2.05, 4.69) is 10.4 Å². The normalized spacial score (nSPS) is 19.9. The van der Waals surface area contributed by atoms with Crippen LogP contribution in [0.4, 0.5) is 0 Å². The molecule has 0 saturated heterocycles. The van der Waals surface area contributed by atoms with E-state index in [4.69, 9.17) is 17.4 Å². The van der Waals surface area contributed by atoms with Crippen LogP contribution in [0.3, 0.4) is 0 Å². The summed E-state index contributed by atoms with van der Waals surface area (Å²) in [5.41, 5.74) is 4.02. The van der Waals surface area contributed by atoms with Gasteiger partial charge >= 0.3 is 0 Å². The minimum Gasteiger partial charge on any atom is -0.271 e. The quantitative estimate of drug-likeness (QED) is 0.494. The van der Waals surface area contributed by atoms with Crippen LogP contribution in [0.1, 0.15) is 50.1 Å². The lowest BCUT2D eigenvalue weighted by Crippen LogP contribution is -2.33. The molecular formula is C13H20ClN3. The second kappa shape index (κ2) is 6.34. The van der Waals surface area contributed by atoms with Gasteiger partial charge in [-0.3, -0.25) is 16.3 Å². The van der Waals surface area contributed by atoms with Crippen LogP contribution in [0, 0.1) is 5.92 Å². The van der Waals surface area contributed by atoms with Crippen molar-refractivity contribution in [3.8, 4) is 0 Å². The van der Waals surface area contributed by atoms with Gasteiger partial charge in [0, 0.05) is 12.4 Å². The number of pyridine rings is 1. The largest absolute Gasteiger partial charge is 0.271 e. The molecule has 94 valence electrons. The maximum atomic E-state index is 6.20. The molecule has 3 N–H and O–H groups in total. The van der Waals surface area contributed by atoms with E-state index in [1.807, 2.05) is 6.07 Å². The van der Waals surface area contributed by atoms with E-state index in [1.54, 1.807) is 12.4 Å². The summed E-state index contributed by atoms with van der Waals surface area (Å²) in [6.45, 7) is 0. The molecule has 1 unspecified atom stereocenters. The molecule has 1 aliphatic rings. The van der Waals surface area contributed by atoms with Crippen LogP contribution in [-0.4, -0.2) is 4.98 Å². The molecule has 0 amide bonds. The summed E-state index contributed by atoms with van der Waals surface area (Å²) < 4.78 is 0. The number of nitrogens with zero attached hydrogens (tertiary/aromatic N) is 1. The average molecular weight is 254 g/mol. The molecule has 1 saturated carbocycles. The van der Waals surface area contributed by atoms with Gasteiger partial charge in [0.25, 0.3) is 0 Å². The molecule has 2 rings (SSSR count). The lowest BCUT2D eigenvalue weighted by Gasteiger charge is -2.26. The van der Waals surface area contributed by atoms with E-state index >= 15 is 0 Å². The van der Waals surface area contributed by atoms with Gasteiger partial charge < -0.3 is 0 Å². The summed E-state index contributed by atoms with van der Waals surface area (Å²) in [5, 5.41) is 0.708. The molecular weight excluding hydrogens is 234 g/mol. The Bertz CT molecular complexity index is 348. The van der Waals surface area contributed by atoms with Crippen LogP contribution in [0.2, 0.25) is 5.02 Å². The minimum absolute atomic E-state index is 0.156. The van der Waals surface area contributed by atoms with E-state index < -0.39 is 0 Å². The molecule has 0 spiro atoms. The van der Waals surface area contributed by atoms with Crippen LogP contribution in [-0.2, 0) is 0 Å². The Morgan fingerprint density at radius 2 is 2.00 bits per heavy atom. The molecule has 1 fully saturated rings. The van der Waals surface area contributed by atoms with Gasteiger partial charge in [0.2, 0.25) is 0 Å². The topological polar surface area (TPSA) is 50.9 Å². The fraction of sp³-hybridized carbons (Fsp3) is 0.615. The van der Waals surface area contributed by atoms with Crippen LogP contribution >= 0.6 is 11.6 Å². The van der Waals surface area contributed by atoms with Crippen molar-refractivity contribution >= 4 is 11.6 Å². The zero-order valence-electron chi connectivity index (χ0n) is 10.0. The van der Waals surface area contributed by atoms with Gasteiger partial charge in [0.15, 0.2) is 0 Å². The predicted octanol–water partition coefficient (Wildman–Crippen LogP) is 3.21. The van der Waals surface area contributed by atoms with Gasteiger partial charge in [-0.05, 0) is 30.4 Å². The smallest absolute Gasteiger partial charge is 0.0637 e. The predicted molar refractivity (Wildman–Crippen MR) is 70.5 cm³/mol. The molecule has 0 aliphatic heterocycles. The maximum Gasteiger partial charge on any atom is 0.0637 e. The van der Waals surface area contributed by atoms with Gasteiger partial charge in [-0.15, -0.1) is 0 Å². The van der Waals surface area contributed by atoms with Crippen molar-refractivity contribution < 1.29 is 0 Å². The number of nitrogens with one attached hydrogen (secondary N) is 1. The Kier molecular flexibility index (Phi) is 4.77. The monoisotopic (exact) mass is 253 g/mol. The number of hydrogen-bond acceptors (Lipinski definition) is 3. The van der Waals surface area contributed by atoms with Crippen LogP contribution in [0.25, 0.3) is 0 Å². The summed E-state index contributed by atoms with van der Waals surface area (Å²) in [6.07, 6.45) is 11.2. The SMILES string of the molecule is NNC(c1ccncc1Cl)C1CCCCCC1. The first kappa shape index (κ1) is 12.8. The average Bonchev–Trinajstić information content (AvgIpc) is 2.62. The molecule has 1 atom stereocenters. The third-order valence-electron chi connectivity index (χ3n) is 3.69. The molecule has 0 bridgehead atoms. The van der Waals surface area contributed by atoms with Gasteiger partial charge in [0.1, 0.15) is 0 Å². The van der Waals surface area contributed by atoms with Crippen LogP contribution < -0.4 is 11.3 Å². The van der Waals surface area contributed by atoms with E-state index in [1.165, 1.54) is 38.5 Å². The highest BCUT2D eigenvalue weighted by molar-refractivity contribution is 6.31. The van der Waals surface area contributed by atoms with E-state index in [-0.39, 0.29) is 6.04 Å². The first-order valence-electron chi connectivity index (χ1n) is 6.38. The van der Waals surface area contributed by atoms with Gasteiger partial charge in [-0.1, -0.05) is 37.3 Å². The Labute approximate surface area is 108 Å². The van der Waals surface area contributed by atoms with Crippen LogP contribution in [0.15, 0.2) is 18.5 Å². The fourth-order valence-corrected chi connectivity index (χ4v) is 3.00. The summed E-state index contributed by atoms with van der Waals surface area (Å²) in [7, 11) is 0. The zero-order valence-corrected chi connectivity index (χ0v) is 10.8. The maximum absolute atomic E-state index is 6.20. The number of aromatic nitrogens is 1. The number of hydrogen-bond donors (Lipinski definition) is 2. The van der Waals surface area contributed by atoms with Crippen molar-refractivity contribution in [1.82, 2.24) is 10.4 Å². The third-order valence-corrected chi connectivity index (χ3v) is 4.01. The third kappa shape index (κ3) is 3.18. The Morgan fingerprint density at radius 3 is 2.59 bits per heavy atom. The molecule has 0 aromatic carbocycles. The number of rotatable bonds is 3. The number of halogens is 1. The first-order chi connectivity index (χ1) is 8.33. The molecule has 0 radical (unpaired) electrons. The zero-order chi connectivity index (χ0) is 12.1. The summed E-state index contributed by atoms with van der Waals surface area (Å²) in [4.78, 5) is 4.02. The van der Waals surface area contributed by atoms with Crippen molar-refractivity contribution in [1.29, 1.82) is 0 Å². The lowest BCUT2D eigenvalue weighted by molar-refractivity contribution is 0.329. The number of nitrogens with two attached hydrogens (primary N) is 1. The number of hydrazine groups is 1. The molecule has 1 aromatic heterocycles. The molecule has 1 aromatic rings. The van der Waals surface area contributed by atoms with Crippen molar-refractivity contribution in [3.05, 3.63) is 29.0 Å². The second-order valence-electron chi connectivity index (χ2n) is 4.79. The molecule has 4 heteroatoms. The first-order valence-corrected chi connectivity index (χ1v) is 6.76. The molecule has 1 heterocycles. The van der Waals surface area contributed by atoms with Crippen molar-refractivity contribution in [2.45, 2.75) is 44.6 Å². The lowest BCUT2D eigenvalue weighted by atomic mass is 9.88. The molecule has 3 nitrogen and oxygen atoms in total. The van der Waals surface area contributed by atoms with E-state index in [0.29, 0.717) is 10.9 Å². The van der Waals surface area contributed by atoms with Crippen LogP contribution in [0.5, 0.6) is 0 Å². The fourth-order valence-electron chi connectivity index (χ4n) is 2.76. The van der Waals surface area contributed by atoms with E-state index in [0.717, 1.165) is 5.56 Å². The van der Waals surface area contributed by atoms with Crippen molar-refractivity contribution in [2.24, 2.45) is 11.8 Å². The highest BCUT2D eigenvalue weighted by atomic mass is 35.5. The van der Waals surface area contributed by atoms with Crippen molar-refractivity contribution in [3.63, 3.8) is 0 Å². The molecule has 17 heavy (non-hydrogen) atoms. The van der Waals surface area contributed by atoms with Gasteiger partial charge in [0.05, 0.1) is 11.1 Å². The highest BCUT2D eigenvalue weighted by Gasteiger charge is 2.24. The summed E-state index contributed by atoms with van der Waals surface area (Å²) in [6, 6.07) is 2.13. The Morgan fingerprint density at radius 1 is 1.29 bits per heavy atom. The Balaban J connectivity index is 2.17. The standard InChI is InChI=1S/C13H20ClN3/c14-12-9-16-8-7-11(12)13(17-15)10-5-3-1-2-4-6-10/h7-10,13,17H,1-6,15H2. The second-order valence-corrected chi connectivity index (χ2v) is 5.20. The molecule has 1 aliphatic carbocycles. The highest BCUT2D eigenvalue weighted by Crippen LogP contribution is 2.35. The van der Waals surface area contributed by atoms with Crippen molar-refractivity contribution in [2.75, 3.05) is 0 Å². The van der Waals surface area contributed by atoms with E-state index in [9.17, 15) is 0 Å².